The summed E-state index contributed by atoms with van der Waals surface area (Å²) in [5.41, 5.74) is 2.90. The highest BCUT2D eigenvalue weighted by Gasteiger charge is 2.19. The summed E-state index contributed by atoms with van der Waals surface area (Å²) in [7, 11) is 1.57. The number of para-hydroxylation sites is 1. The van der Waals surface area contributed by atoms with Crippen molar-refractivity contribution in [2.24, 2.45) is 0 Å². The molecule has 0 saturated carbocycles. The number of ether oxygens (including phenoxy) is 2. The van der Waals surface area contributed by atoms with Crippen molar-refractivity contribution in [3.63, 3.8) is 0 Å². The van der Waals surface area contributed by atoms with Crippen LogP contribution in [0.15, 0.2) is 48.0 Å². The van der Waals surface area contributed by atoms with Crippen LogP contribution >= 0.6 is 0 Å². The summed E-state index contributed by atoms with van der Waals surface area (Å²) in [6.45, 7) is 4.21. The third kappa shape index (κ3) is 3.56. The summed E-state index contributed by atoms with van der Waals surface area (Å²) < 4.78 is 10.8. The van der Waals surface area contributed by atoms with Gasteiger partial charge in [-0.25, -0.2) is 0 Å². The molecule has 5 nitrogen and oxygen atoms in total. The van der Waals surface area contributed by atoms with Crippen molar-refractivity contribution in [2.45, 2.75) is 13.8 Å². The number of nitrogens with one attached hydrogen (secondary N) is 1. The second-order valence-electron chi connectivity index (χ2n) is 6.01. The van der Waals surface area contributed by atoms with Gasteiger partial charge in [-0.3, -0.25) is 4.79 Å². The molecule has 0 aliphatic carbocycles. The first-order valence-corrected chi connectivity index (χ1v) is 8.63. The summed E-state index contributed by atoms with van der Waals surface area (Å²) in [6.07, 6.45) is 1.57. The molecule has 1 heterocycles. The number of aromatic nitrogens is 1. The Bertz CT molecular complexity index is 1070. The highest BCUT2D eigenvalue weighted by atomic mass is 16.5. The largest absolute Gasteiger partial charge is 0.493 e. The van der Waals surface area contributed by atoms with Gasteiger partial charge in [0.1, 0.15) is 11.6 Å². The number of nitrogens with zero attached hydrogens (tertiary/aromatic N) is 1. The minimum atomic E-state index is -0.304. The minimum absolute atomic E-state index is 0.0652. The molecule has 0 radical (unpaired) electrons. The molecule has 136 valence electrons. The highest BCUT2D eigenvalue weighted by molar-refractivity contribution is 6.20. The standard InChI is InChI=1S/C22H20N2O3/c1-4-27-20-12-15(9-10-19(20)26-3)11-16(13-23)22(25)21-14(2)24-18-8-6-5-7-17(18)21/h5-12,24H,4H2,1-3H3/b16-11+. The van der Waals surface area contributed by atoms with E-state index in [1.807, 2.05) is 44.2 Å². The number of rotatable bonds is 6. The molecule has 0 bridgehead atoms. The number of H-pyrrole nitrogens is 1. The van der Waals surface area contributed by atoms with Crippen molar-refractivity contribution < 1.29 is 14.3 Å². The van der Waals surface area contributed by atoms with Crippen molar-refractivity contribution in [3.8, 4) is 17.6 Å². The number of fused-ring (bicyclic) bond motifs is 1. The highest BCUT2D eigenvalue weighted by Crippen LogP contribution is 2.30. The monoisotopic (exact) mass is 360 g/mol. The molecule has 2 aromatic carbocycles. The van der Waals surface area contributed by atoms with Crippen LogP contribution in [0.25, 0.3) is 17.0 Å². The Morgan fingerprint density at radius 2 is 2.00 bits per heavy atom. The summed E-state index contributed by atoms with van der Waals surface area (Å²) in [5, 5.41) is 10.4. The van der Waals surface area contributed by atoms with Crippen LogP contribution in [0.4, 0.5) is 0 Å². The number of allylic oxidation sites excluding steroid dienone is 1. The maximum absolute atomic E-state index is 13.0. The van der Waals surface area contributed by atoms with Gasteiger partial charge in [0.2, 0.25) is 5.78 Å². The first-order valence-electron chi connectivity index (χ1n) is 8.63. The number of carbonyl (C=O) groups excluding carboxylic acids is 1. The minimum Gasteiger partial charge on any atom is -0.493 e. The number of nitriles is 1. The van der Waals surface area contributed by atoms with Gasteiger partial charge in [0.15, 0.2) is 11.5 Å². The molecular weight excluding hydrogens is 340 g/mol. The first-order chi connectivity index (χ1) is 13.1. The normalized spacial score (nSPS) is 11.3. The van der Waals surface area contributed by atoms with Crippen LogP contribution in [0.5, 0.6) is 11.5 Å². The molecule has 5 heteroatoms. The van der Waals surface area contributed by atoms with Crippen molar-refractivity contribution >= 4 is 22.8 Å². The van der Waals surface area contributed by atoms with E-state index in [1.165, 1.54) is 0 Å². The van der Waals surface area contributed by atoms with Crippen LogP contribution < -0.4 is 9.47 Å². The molecule has 3 rings (SSSR count). The van der Waals surface area contributed by atoms with E-state index in [1.54, 1.807) is 31.4 Å². The average molecular weight is 360 g/mol. The Morgan fingerprint density at radius 1 is 1.22 bits per heavy atom. The molecule has 3 aromatic rings. The van der Waals surface area contributed by atoms with Gasteiger partial charge in [0.25, 0.3) is 0 Å². The van der Waals surface area contributed by atoms with Crippen LogP contribution in [0.1, 0.15) is 28.5 Å². The summed E-state index contributed by atoms with van der Waals surface area (Å²) in [5.74, 6) is 0.870. The zero-order chi connectivity index (χ0) is 19.4. The van der Waals surface area contributed by atoms with Gasteiger partial charge in [-0.15, -0.1) is 0 Å². The molecule has 0 unspecified atom stereocenters. The van der Waals surface area contributed by atoms with Gasteiger partial charge in [0, 0.05) is 16.6 Å². The Morgan fingerprint density at radius 3 is 2.70 bits per heavy atom. The number of aromatic amines is 1. The van der Waals surface area contributed by atoms with Crippen LogP contribution in [0.3, 0.4) is 0 Å². The molecule has 0 saturated heterocycles. The van der Waals surface area contributed by atoms with Crippen LogP contribution in [0.2, 0.25) is 0 Å². The molecular formula is C22H20N2O3. The van der Waals surface area contributed by atoms with Gasteiger partial charge in [-0.05, 0) is 43.7 Å². The molecule has 1 aromatic heterocycles. The number of carbonyl (C=O) groups is 1. The van der Waals surface area contributed by atoms with E-state index in [0.29, 0.717) is 29.2 Å². The first kappa shape index (κ1) is 18.3. The number of aryl methyl sites for hydroxylation is 1. The lowest BCUT2D eigenvalue weighted by Crippen LogP contribution is -2.03. The van der Waals surface area contributed by atoms with Gasteiger partial charge < -0.3 is 14.5 Å². The third-order valence-electron chi connectivity index (χ3n) is 4.28. The second kappa shape index (κ2) is 7.79. The zero-order valence-electron chi connectivity index (χ0n) is 15.5. The van der Waals surface area contributed by atoms with E-state index in [9.17, 15) is 10.1 Å². The van der Waals surface area contributed by atoms with Crippen molar-refractivity contribution in [1.29, 1.82) is 5.26 Å². The topological polar surface area (TPSA) is 75.1 Å². The lowest BCUT2D eigenvalue weighted by Gasteiger charge is -2.10. The Balaban J connectivity index is 2.04. The summed E-state index contributed by atoms with van der Waals surface area (Å²) >= 11 is 0. The van der Waals surface area contributed by atoms with Crippen molar-refractivity contribution in [2.75, 3.05) is 13.7 Å². The summed E-state index contributed by atoms with van der Waals surface area (Å²) in [4.78, 5) is 16.2. The number of benzene rings is 2. The van der Waals surface area contributed by atoms with E-state index < -0.39 is 0 Å². The van der Waals surface area contributed by atoms with E-state index in [4.69, 9.17) is 9.47 Å². The Kier molecular flexibility index (Phi) is 5.28. The van der Waals surface area contributed by atoms with Crippen molar-refractivity contribution in [1.82, 2.24) is 4.98 Å². The van der Waals surface area contributed by atoms with E-state index in [0.717, 1.165) is 16.6 Å². The molecule has 1 N–H and O–H groups in total. The quantitative estimate of drug-likeness (QED) is 0.394. The zero-order valence-corrected chi connectivity index (χ0v) is 15.5. The molecule has 0 atom stereocenters. The fraction of sp³-hybridized carbons (Fsp3) is 0.182. The lowest BCUT2D eigenvalue weighted by atomic mass is 9.99. The van der Waals surface area contributed by atoms with Crippen LogP contribution in [-0.4, -0.2) is 24.5 Å². The third-order valence-corrected chi connectivity index (χ3v) is 4.28. The maximum atomic E-state index is 13.0. The van der Waals surface area contributed by atoms with Crippen LogP contribution in [-0.2, 0) is 0 Å². The second-order valence-corrected chi connectivity index (χ2v) is 6.01. The van der Waals surface area contributed by atoms with E-state index >= 15 is 0 Å². The smallest absolute Gasteiger partial charge is 0.205 e. The van der Waals surface area contributed by atoms with Gasteiger partial charge >= 0.3 is 0 Å². The number of Topliss-reactive ketones (excluding diaryl/α,β-unsaturated/α-hetero) is 1. The van der Waals surface area contributed by atoms with Crippen molar-refractivity contribution in [3.05, 3.63) is 64.9 Å². The van der Waals surface area contributed by atoms with Gasteiger partial charge in [0.05, 0.1) is 19.3 Å². The predicted molar refractivity (Wildman–Crippen MR) is 105 cm³/mol. The predicted octanol–water partition coefficient (Wildman–Crippen LogP) is 4.67. The molecule has 0 aliphatic heterocycles. The average Bonchev–Trinajstić information content (AvgIpc) is 3.01. The number of methoxy groups -OCH3 is 1. The maximum Gasteiger partial charge on any atom is 0.205 e. The number of ketones is 1. The molecule has 0 fully saturated rings. The molecule has 27 heavy (non-hydrogen) atoms. The van der Waals surface area contributed by atoms with E-state index in [-0.39, 0.29) is 11.4 Å². The van der Waals surface area contributed by atoms with Crippen LogP contribution in [0, 0.1) is 18.3 Å². The van der Waals surface area contributed by atoms with E-state index in [2.05, 4.69) is 4.98 Å². The Hall–Kier alpha value is -3.52. The molecule has 0 aliphatic rings. The van der Waals surface area contributed by atoms with Gasteiger partial charge in [-0.2, -0.15) is 5.26 Å². The molecule has 0 spiro atoms. The molecule has 0 amide bonds. The fourth-order valence-electron chi connectivity index (χ4n) is 3.07. The van der Waals surface area contributed by atoms with Gasteiger partial charge in [-0.1, -0.05) is 24.3 Å². The number of hydrogen-bond acceptors (Lipinski definition) is 4. The fourth-order valence-corrected chi connectivity index (χ4v) is 3.07. The Labute approximate surface area is 157 Å². The number of hydrogen-bond donors (Lipinski definition) is 1. The SMILES string of the molecule is CCOc1cc(/C=C(\C#N)C(=O)c2c(C)[nH]c3ccccc23)ccc1OC. The summed E-state index contributed by atoms with van der Waals surface area (Å²) in [6, 6.07) is 14.9. The lowest BCUT2D eigenvalue weighted by molar-refractivity contribution is 0.104.